The van der Waals surface area contributed by atoms with E-state index in [2.05, 4.69) is 0 Å². The fourth-order valence-electron chi connectivity index (χ4n) is 2.20. The Kier molecular flexibility index (Phi) is 7.94. The minimum absolute atomic E-state index is 0.0534. The summed E-state index contributed by atoms with van der Waals surface area (Å²) in [6, 6.07) is 4.21. The van der Waals surface area contributed by atoms with Crippen molar-refractivity contribution in [3.8, 4) is 5.75 Å². The van der Waals surface area contributed by atoms with Crippen LogP contribution in [0.1, 0.15) is 44.0 Å². The van der Waals surface area contributed by atoms with Gasteiger partial charge in [0.05, 0.1) is 18.3 Å². The van der Waals surface area contributed by atoms with Gasteiger partial charge in [-0.05, 0) is 38.0 Å². The fourth-order valence-corrected chi connectivity index (χ4v) is 3.85. The molecule has 6 nitrogen and oxygen atoms in total. The maximum absolute atomic E-state index is 12.8. The Hall–Kier alpha value is -1.86. The van der Waals surface area contributed by atoms with Gasteiger partial charge in [0.15, 0.2) is 0 Å². The van der Waals surface area contributed by atoms with Crippen LogP contribution in [-0.4, -0.2) is 38.9 Å². The van der Waals surface area contributed by atoms with E-state index >= 15 is 0 Å². The minimum atomic E-state index is -3.67. The summed E-state index contributed by atoms with van der Waals surface area (Å²) in [5, 5.41) is 0. The van der Waals surface area contributed by atoms with Crippen LogP contribution >= 0.6 is 0 Å². The zero-order chi connectivity index (χ0) is 18.2. The van der Waals surface area contributed by atoms with Crippen LogP contribution in [0.4, 0.5) is 0 Å². The molecule has 0 aliphatic heterocycles. The first-order valence-electron chi connectivity index (χ1n) is 7.92. The molecule has 0 spiro atoms. The van der Waals surface area contributed by atoms with Crippen LogP contribution in [-0.2, 0) is 14.8 Å². The summed E-state index contributed by atoms with van der Waals surface area (Å²) in [5.74, 6) is -0.402. The molecule has 0 aliphatic rings. The molecule has 1 rings (SSSR count). The van der Waals surface area contributed by atoms with Crippen molar-refractivity contribution in [1.29, 1.82) is 0 Å². The summed E-state index contributed by atoms with van der Waals surface area (Å²) in [7, 11) is -2.26. The Balaban J connectivity index is 3.31. The minimum Gasteiger partial charge on any atom is -0.496 e. The average Bonchev–Trinajstić information content (AvgIpc) is 2.58. The summed E-state index contributed by atoms with van der Waals surface area (Å²) in [4.78, 5) is 12.2. The van der Waals surface area contributed by atoms with Gasteiger partial charge in [-0.15, -0.1) is 0 Å². The summed E-state index contributed by atoms with van der Waals surface area (Å²) in [6.45, 7) is 6.41. The largest absolute Gasteiger partial charge is 0.496 e. The molecule has 0 amide bonds. The smallest absolute Gasteiger partial charge is 0.346 e. The first-order chi connectivity index (χ1) is 11.4. The van der Waals surface area contributed by atoms with E-state index < -0.39 is 16.0 Å². The van der Waals surface area contributed by atoms with E-state index in [1.165, 1.54) is 35.9 Å². The maximum atomic E-state index is 12.8. The highest BCUT2D eigenvalue weighted by Gasteiger charge is 2.25. The first kappa shape index (κ1) is 20.2. The molecular weight excluding hydrogens is 330 g/mol. The summed E-state index contributed by atoms with van der Waals surface area (Å²) < 4.78 is 37.1. The molecule has 24 heavy (non-hydrogen) atoms. The van der Waals surface area contributed by atoms with Crippen LogP contribution in [0.25, 0.3) is 0 Å². The normalized spacial score (nSPS) is 11.9. The zero-order valence-corrected chi connectivity index (χ0v) is 15.4. The van der Waals surface area contributed by atoms with Gasteiger partial charge >= 0.3 is 5.97 Å². The lowest BCUT2D eigenvalue weighted by Gasteiger charge is -2.21. The molecule has 7 heteroatoms. The molecule has 0 bridgehead atoms. The number of carbonyl (C=O) groups excluding carboxylic acids is 1. The molecule has 0 radical (unpaired) electrons. The van der Waals surface area contributed by atoms with Crippen LogP contribution in [0.3, 0.4) is 0 Å². The third-order valence-electron chi connectivity index (χ3n) is 3.29. The lowest BCUT2D eigenvalue weighted by atomic mass is 10.2. The SMILES string of the molecule is CC=COC(=O)c1cc(S(=O)(=O)N(CCC)CCC)ccc1OC. The van der Waals surface area contributed by atoms with Gasteiger partial charge in [-0.2, -0.15) is 4.31 Å². The van der Waals surface area contributed by atoms with Gasteiger partial charge in [-0.25, -0.2) is 13.2 Å². The van der Waals surface area contributed by atoms with E-state index in [4.69, 9.17) is 9.47 Å². The van der Waals surface area contributed by atoms with Crippen molar-refractivity contribution in [2.45, 2.75) is 38.5 Å². The van der Waals surface area contributed by atoms with Crippen molar-refractivity contribution in [2.24, 2.45) is 0 Å². The van der Waals surface area contributed by atoms with Crippen molar-refractivity contribution < 1.29 is 22.7 Å². The molecule has 0 fully saturated rings. The molecule has 134 valence electrons. The second-order valence-electron chi connectivity index (χ2n) is 5.14. The Bertz CT molecular complexity index is 676. The molecule has 0 N–H and O–H groups in total. The van der Waals surface area contributed by atoms with Crippen LogP contribution in [0.2, 0.25) is 0 Å². The van der Waals surface area contributed by atoms with Gasteiger partial charge in [0.1, 0.15) is 11.3 Å². The van der Waals surface area contributed by atoms with E-state index in [9.17, 15) is 13.2 Å². The van der Waals surface area contributed by atoms with Crippen LogP contribution in [0.5, 0.6) is 5.75 Å². The van der Waals surface area contributed by atoms with Crippen LogP contribution in [0, 0.1) is 0 Å². The molecular formula is C17H25NO5S. The second-order valence-corrected chi connectivity index (χ2v) is 7.08. The summed E-state index contributed by atoms with van der Waals surface area (Å²) >= 11 is 0. The Morgan fingerprint density at radius 1 is 1.21 bits per heavy atom. The number of sulfonamides is 1. The molecule has 0 aromatic heterocycles. The topological polar surface area (TPSA) is 72.9 Å². The number of allylic oxidation sites excluding steroid dienone is 1. The molecule has 0 saturated heterocycles. The number of esters is 1. The highest BCUT2D eigenvalue weighted by molar-refractivity contribution is 7.89. The molecule has 0 unspecified atom stereocenters. The maximum Gasteiger partial charge on any atom is 0.346 e. The van der Waals surface area contributed by atoms with Gasteiger partial charge in [-0.1, -0.05) is 19.9 Å². The van der Waals surface area contributed by atoms with E-state index in [1.54, 1.807) is 13.0 Å². The number of carbonyl (C=O) groups is 1. The number of hydrogen-bond acceptors (Lipinski definition) is 5. The molecule has 0 atom stereocenters. The van der Waals surface area contributed by atoms with Crippen LogP contribution in [0.15, 0.2) is 35.4 Å². The number of ether oxygens (including phenoxy) is 2. The Morgan fingerprint density at radius 2 is 1.83 bits per heavy atom. The van der Waals surface area contributed by atoms with Crippen molar-refractivity contribution in [2.75, 3.05) is 20.2 Å². The van der Waals surface area contributed by atoms with Gasteiger partial charge in [0, 0.05) is 13.1 Å². The lowest BCUT2D eigenvalue weighted by molar-refractivity contribution is 0.0658. The molecule has 0 aliphatic carbocycles. The van der Waals surface area contributed by atoms with Crippen molar-refractivity contribution in [3.63, 3.8) is 0 Å². The Labute approximate surface area is 144 Å². The number of benzene rings is 1. The standard InChI is InChI=1S/C17H25NO5S/c1-5-10-18(11-6-2)24(20,21)14-8-9-16(22-4)15(13-14)17(19)23-12-7-3/h7-9,12-13H,5-6,10-11H2,1-4H3. The molecule has 1 aromatic rings. The third kappa shape index (κ3) is 4.82. The van der Waals surface area contributed by atoms with Gasteiger partial charge in [0.25, 0.3) is 0 Å². The highest BCUT2D eigenvalue weighted by atomic mass is 32.2. The fraction of sp³-hybridized carbons (Fsp3) is 0.471. The molecule has 1 aromatic carbocycles. The van der Waals surface area contributed by atoms with Gasteiger partial charge < -0.3 is 9.47 Å². The van der Waals surface area contributed by atoms with Gasteiger partial charge in [-0.3, -0.25) is 0 Å². The Morgan fingerprint density at radius 3 is 2.33 bits per heavy atom. The summed E-state index contributed by atoms with van der Waals surface area (Å²) in [5.41, 5.74) is 0.0737. The highest BCUT2D eigenvalue weighted by Crippen LogP contribution is 2.25. The predicted molar refractivity (Wildman–Crippen MR) is 92.6 cm³/mol. The molecule has 0 saturated carbocycles. The quantitative estimate of drug-likeness (QED) is 0.502. The first-order valence-corrected chi connectivity index (χ1v) is 9.36. The molecule has 0 heterocycles. The van der Waals surface area contributed by atoms with E-state index in [0.29, 0.717) is 25.9 Å². The van der Waals surface area contributed by atoms with Crippen LogP contribution < -0.4 is 4.74 Å². The number of methoxy groups -OCH3 is 1. The van der Waals surface area contributed by atoms with Crippen molar-refractivity contribution in [1.82, 2.24) is 4.31 Å². The lowest BCUT2D eigenvalue weighted by Crippen LogP contribution is -2.32. The predicted octanol–water partition coefficient (Wildman–Crippen LogP) is 3.20. The second kappa shape index (κ2) is 9.44. The van der Waals surface area contributed by atoms with E-state index in [1.807, 2.05) is 13.8 Å². The number of nitrogens with zero attached hydrogens (tertiary/aromatic N) is 1. The van der Waals surface area contributed by atoms with E-state index in [-0.39, 0.29) is 16.2 Å². The third-order valence-corrected chi connectivity index (χ3v) is 5.18. The van der Waals surface area contributed by atoms with Crippen molar-refractivity contribution >= 4 is 16.0 Å². The van der Waals surface area contributed by atoms with Gasteiger partial charge in [0.2, 0.25) is 10.0 Å². The summed E-state index contributed by atoms with van der Waals surface area (Å²) in [6.07, 6.45) is 4.23. The monoisotopic (exact) mass is 355 g/mol. The zero-order valence-electron chi connectivity index (χ0n) is 14.6. The average molecular weight is 355 g/mol. The number of rotatable bonds is 9. The van der Waals surface area contributed by atoms with Crippen molar-refractivity contribution in [3.05, 3.63) is 36.1 Å². The number of hydrogen-bond donors (Lipinski definition) is 0. The van der Waals surface area contributed by atoms with E-state index in [0.717, 1.165) is 0 Å².